The number of benzene rings is 1. The second-order valence-corrected chi connectivity index (χ2v) is 7.77. The van der Waals surface area contributed by atoms with Crippen molar-refractivity contribution in [1.82, 2.24) is 15.0 Å². The van der Waals surface area contributed by atoms with E-state index in [-0.39, 0.29) is 0 Å². The number of rotatable bonds is 5. The van der Waals surface area contributed by atoms with Crippen LogP contribution in [0.5, 0.6) is 0 Å². The van der Waals surface area contributed by atoms with Gasteiger partial charge in [-0.2, -0.15) is 4.98 Å². The van der Waals surface area contributed by atoms with E-state index in [0.29, 0.717) is 12.0 Å². The fraction of sp³-hybridized carbons (Fsp3) is 0.286. The first-order valence-corrected chi connectivity index (χ1v) is 10.1. The Morgan fingerprint density at radius 2 is 1.78 bits per heavy atom. The number of pyridine rings is 1. The first-order valence-electron chi connectivity index (χ1n) is 9.26. The van der Waals surface area contributed by atoms with E-state index in [9.17, 15) is 0 Å². The maximum atomic E-state index is 4.74. The highest BCUT2D eigenvalue weighted by atomic mass is 79.9. The lowest BCUT2D eigenvalue weighted by atomic mass is 10.2. The van der Waals surface area contributed by atoms with Crippen molar-refractivity contribution in [2.24, 2.45) is 0 Å². The predicted molar refractivity (Wildman–Crippen MR) is 113 cm³/mol. The van der Waals surface area contributed by atoms with Gasteiger partial charge < -0.3 is 10.6 Å². The Hall–Kier alpha value is -2.47. The minimum Gasteiger partial charge on any atom is -0.351 e. The minimum atomic E-state index is 0.459. The topological polar surface area (TPSA) is 62.7 Å². The van der Waals surface area contributed by atoms with Crippen LogP contribution in [0.2, 0.25) is 0 Å². The van der Waals surface area contributed by atoms with Gasteiger partial charge in [0, 0.05) is 40.2 Å². The lowest BCUT2D eigenvalue weighted by Crippen LogP contribution is -2.17. The van der Waals surface area contributed by atoms with Crippen LogP contribution in [0.1, 0.15) is 31.2 Å². The molecular formula is C21H22BrN5. The van der Waals surface area contributed by atoms with Gasteiger partial charge in [0.05, 0.1) is 5.69 Å². The number of anilines is 3. The molecule has 0 saturated heterocycles. The summed E-state index contributed by atoms with van der Waals surface area (Å²) in [5.41, 5.74) is 4.08. The van der Waals surface area contributed by atoms with Gasteiger partial charge in [-0.15, -0.1) is 0 Å². The van der Waals surface area contributed by atoms with Crippen LogP contribution in [-0.2, 0) is 0 Å². The number of hydrogen-bond donors (Lipinski definition) is 2. The van der Waals surface area contributed by atoms with Crippen molar-refractivity contribution >= 4 is 33.4 Å². The van der Waals surface area contributed by atoms with Crippen LogP contribution in [0.25, 0.3) is 11.3 Å². The Morgan fingerprint density at radius 1 is 1.00 bits per heavy atom. The highest BCUT2D eigenvalue weighted by Gasteiger charge is 2.17. The zero-order valence-electron chi connectivity index (χ0n) is 15.2. The Morgan fingerprint density at radius 3 is 2.52 bits per heavy atom. The molecule has 0 bridgehead atoms. The molecule has 0 spiro atoms. The molecule has 3 aromatic rings. The fourth-order valence-corrected chi connectivity index (χ4v) is 3.62. The van der Waals surface area contributed by atoms with Gasteiger partial charge in [0.15, 0.2) is 0 Å². The smallest absolute Gasteiger partial charge is 0.225 e. The van der Waals surface area contributed by atoms with Crippen molar-refractivity contribution in [3.05, 3.63) is 58.8 Å². The Bertz CT molecular complexity index is 923. The van der Waals surface area contributed by atoms with E-state index in [2.05, 4.69) is 44.5 Å². The summed E-state index contributed by atoms with van der Waals surface area (Å²) in [6, 6.07) is 12.6. The van der Waals surface area contributed by atoms with Crippen molar-refractivity contribution in [1.29, 1.82) is 0 Å². The average Bonchev–Trinajstić information content (AvgIpc) is 3.18. The van der Waals surface area contributed by atoms with E-state index in [0.717, 1.165) is 27.2 Å². The summed E-state index contributed by atoms with van der Waals surface area (Å²) in [7, 11) is 0. The van der Waals surface area contributed by atoms with Crippen molar-refractivity contribution in [2.75, 3.05) is 10.6 Å². The molecule has 0 unspecified atom stereocenters. The molecule has 2 N–H and O–H groups in total. The molecule has 2 heterocycles. The molecular weight excluding hydrogens is 402 g/mol. The summed E-state index contributed by atoms with van der Waals surface area (Å²) < 4.78 is 1.09. The first kappa shape index (κ1) is 17.9. The number of aromatic nitrogens is 3. The highest BCUT2D eigenvalue weighted by molar-refractivity contribution is 9.10. The van der Waals surface area contributed by atoms with Crippen LogP contribution in [-0.4, -0.2) is 21.0 Å². The molecule has 4 rings (SSSR count). The van der Waals surface area contributed by atoms with E-state index in [1.165, 1.54) is 31.2 Å². The Balaban J connectivity index is 1.67. The number of halogens is 1. The maximum absolute atomic E-state index is 4.74. The zero-order chi connectivity index (χ0) is 18.6. The molecule has 0 amide bonds. The van der Waals surface area contributed by atoms with E-state index >= 15 is 0 Å². The van der Waals surface area contributed by atoms with Gasteiger partial charge in [0.2, 0.25) is 5.95 Å². The van der Waals surface area contributed by atoms with Crippen molar-refractivity contribution in [3.8, 4) is 11.3 Å². The number of nitrogens with zero attached hydrogens (tertiary/aromatic N) is 3. The van der Waals surface area contributed by atoms with E-state index in [4.69, 9.17) is 9.97 Å². The summed E-state index contributed by atoms with van der Waals surface area (Å²) in [6.45, 7) is 2.07. The molecule has 2 aromatic heterocycles. The summed E-state index contributed by atoms with van der Waals surface area (Å²) in [4.78, 5) is 13.6. The first-order chi connectivity index (χ1) is 13.2. The van der Waals surface area contributed by atoms with E-state index in [1.54, 1.807) is 12.4 Å². The number of hydrogen-bond acceptors (Lipinski definition) is 5. The summed E-state index contributed by atoms with van der Waals surface area (Å²) >= 11 is 3.55. The zero-order valence-corrected chi connectivity index (χ0v) is 16.8. The fourth-order valence-electron chi connectivity index (χ4n) is 3.37. The number of aryl methyl sites for hydroxylation is 1. The molecule has 1 fully saturated rings. The van der Waals surface area contributed by atoms with Crippen molar-refractivity contribution < 1.29 is 0 Å². The highest BCUT2D eigenvalue weighted by Crippen LogP contribution is 2.27. The van der Waals surface area contributed by atoms with E-state index < -0.39 is 0 Å². The van der Waals surface area contributed by atoms with Gasteiger partial charge in [-0.3, -0.25) is 4.98 Å². The molecule has 1 aliphatic rings. The molecule has 138 valence electrons. The van der Waals surface area contributed by atoms with Gasteiger partial charge >= 0.3 is 0 Å². The van der Waals surface area contributed by atoms with Crippen LogP contribution in [0.15, 0.2) is 53.3 Å². The standard InChI is InChI=1S/C21H22BrN5/c1-14-12-17(6-7-18(14)22)24-20-13-19(15-8-10-23-11-9-15)26-21(27-20)25-16-4-2-3-5-16/h6-13,16H,2-5H2,1H3,(H2,24,25,26,27). The van der Waals surface area contributed by atoms with E-state index in [1.807, 2.05) is 30.3 Å². The molecule has 0 atom stereocenters. The van der Waals surface area contributed by atoms with Crippen molar-refractivity contribution in [2.45, 2.75) is 38.6 Å². The van der Waals surface area contributed by atoms with Crippen LogP contribution < -0.4 is 10.6 Å². The molecule has 1 aliphatic carbocycles. The lowest BCUT2D eigenvalue weighted by Gasteiger charge is -2.15. The summed E-state index contributed by atoms with van der Waals surface area (Å²) in [6.07, 6.45) is 8.46. The third-order valence-corrected chi connectivity index (χ3v) is 5.71. The largest absolute Gasteiger partial charge is 0.351 e. The molecule has 1 saturated carbocycles. The molecule has 0 radical (unpaired) electrons. The second-order valence-electron chi connectivity index (χ2n) is 6.91. The molecule has 0 aliphatic heterocycles. The third-order valence-electron chi connectivity index (χ3n) is 4.82. The van der Waals surface area contributed by atoms with Crippen LogP contribution in [0, 0.1) is 6.92 Å². The normalized spacial score (nSPS) is 14.3. The van der Waals surface area contributed by atoms with Gasteiger partial charge in [0.25, 0.3) is 0 Å². The third kappa shape index (κ3) is 4.45. The van der Waals surface area contributed by atoms with Gasteiger partial charge in [-0.25, -0.2) is 4.98 Å². The quantitative estimate of drug-likeness (QED) is 0.550. The van der Waals surface area contributed by atoms with Crippen LogP contribution in [0.4, 0.5) is 17.5 Å². The van der Waals surface area contributed by atoms with Gasteiger partial charge in [0.1, 0.15) is 5.82 Å². The monoisotopic (exact) mass is 423 g/mol. The summed E-state index contributed by atoms with van der Waals surface area (Å²) in [5.74, 6) is 1.45. The second kappa shape index (κ2) is 8.05. The molecule has 6 heteroatoms. The minimum absolute atomic E-state index is 0.459. The predicted octanol–water partition coefficient (Wildman–Crippen LogP) is 5.71. The Labute approximate surface area is 167 Å². The van der Waals surface area contributed by atoms with Gasteiger partial charge in [-0.1, -0.05) is 28.8 Å². The Kier molecular flexibility index (Phi) is 5.34. The molecule has 5 nitrogen and oxygen atoms in total. The van der Waals surface area contributed by atoms with Crippen LogP contribution >= 0.6 is 15.9 Å². The molecule has 1 aromatic carbocycles. The number of nitrogens with one attached hydrogen (secondary N) is 2. The van der Waals surface area contributed by atoms with Gasteiger partial charge in [-0.05, 0) is 55.7 Å². The maximum Gasteiger partial charge on any atom is 0.225 e. The SMILES string of the molecule is Cc1cc(Nc2cc(-c3ccncc3)nc(NC3CCCC3)n2)ccc1Br. The lowest BCUT2D eigenvalue weighted by molar-refractivity contribution is 0.744. The molecule has 27 heavy (non-hydrogen) atoms. The summed E-state index contributed by atoms with van der Waals surface area (Å²) in [5, 5.41) is 6.93. The van der Waals surface area contributed by atoms with Crippen LogP contribution in [0.3, 0.4) is 0 Å². The average molecular weight is 424 g/mol. The van der Waals surface area contributed by atoms with Crippen molar-refractivity contribution in [3.63, 3.8) is 0 Å².